The first-order valence-electron chi connectivity index (χ1n) is 4.61. The maximum atomic E-state index is 5.50. The minimum Gasteiger partial charge on any atom is -0.382 e. The van der Waals surface area contributed by atoms with E-state index in [0.29, 0.717) is 6.61 Å². The third-order valence-corrected chi connectivity index (χ3v) is 2.62. The highest BCUT2D eigenvalue weighted by molar-refractivity contribution is 7.94. The summed E-state index contributed by atoms with van der Waals surface area (Å²) in [5.74, 6) is 0. The van der Waals surface area contributed by atoms with Crippen LogP contribution in [-0.4, -0.2) is 19.8 Å². The van der Waals surface area contributed by atoms with Gasteiger partial charge in [-0.05, 0) is 26.0 Å². The van der Waals surface area contributed by atoms with E-state index in [1.54, 1.807) is 7.11 Å². The average molecular weight is 212 g/mol. The summed E-state index contributed by atoms with van der Waals surface area (Å²) in [5.41, 5.74) is 1.26. The molecule has 0 aromatic heterocycles. The highest BCUT2D eigenvalue weighted by atomic mass is 32.2. The minimum atomic E-state index is 0.117. The Labute approximate surface area is 89.8 Å². The van der Waals surface area contributed by atoms with Crippen LogP contribution in [0.3, 0.4) is 0 Å². The van der Waals surface area contributed by atoms with Gasteiger partial charge in [0.25, 0.3) is 0 Å². The third kappa shape index (κ3) is 4.13. The molecule has 0 saturated heterocycles. The second kappa shape index (κ2) is 6.06. The molecule has 0 heterocycles. The molecule has 0 fully saturated rings. The Bertz CT molecular complexity index is 258. The van der Waals surface area contributed by atoms with E-state index in [2.05, 4.69) is 31.2 Å². The van der Waals surface area contributed by atoms with Crippen molar-refractivity contribution in [2.45, 2.75) is 24.8 Å². The summed E-state index contributed by atoms with van der Waals surface area (Å²) in [7, 11) is 1.68. The van der Waals surface area contributed by atoms with E-state index in [-0.39, 0.29) is 6.10 Å². The number of hydrogen-bond acceptors (Lipinski definition) is 3. The van der Waals surface area contributed by atoms with Gasteiger partial charge in [-0.3, -0.25) is 0 Å². The number of methoxy groups -OCH3 is 1. The summed E-state index contributed by atoms with van der Waals surface area (Å²) < 4.78 is 10.5. The number of benzene rings is 1. The first-order valence-corrected chi connectivity index (χ1v) is 5.35. The number of ether oxygens (including phenoxy) is 1. The van der Waals surface area contributed by atoms with E-state index < -0.39 is 0 Å². The summed E-state index contributed by atoms with van der Waals surface area (Å²) in [6, 6.07) is 8.26. The molecule has 0 amide bonds. The van der Waals surface area contributed by atoms with Gasteiger partial charge in [0.1, 0.15) is 0 Å². The molecular formula is C11H16O2S. The Balaban J connectivity index is 2.34. The maximum absolute atomic E-state index is 5.50. The number of aryl methyl sites for hydroxylation is 1. The highest BCUT2D eigenvalue weighted by Gasteiger charge is 2.02. The summed E-state index contributed by atoms with van der Waals surface area (Å²) in [5, 5.41) is 0. The van der Waals surface area contributed by atoms with Gasteiger partial charge in [-0.25, -0.2) is 0 Å². The van der Waals surface area contributed by atoms with Crippen LogP contribution in [-0.2, 0) is 8.92 Å². The lowest BCUT2D eigenvalue weighted by molar-refractivity contribution is 0.106. The molecule has 0 N–H and O–H groups in total. The average Bonchev–Trinajstić information content (AvgIpc) is 2.17. The Hall–Kier alpha value is -0.510. The first-order chi connectivity index (χ1) is 6.72. The standard InChI is InChI=1S/C11H16O2S/c1-9-4-6-11(7-5-9)14-13-10(2)8-12-3/h4-7,10H,8H2,1-3H3/t10-/m1/s1. The zero-order valence-electron chi connectivity index (χ0n) is 8.82. The van der Waals surface area contributed by atoms with Crippen LogP contribution in [0.5, 0.6) is 0 Å². The van der Waals surface area contributed by atoms with E-state index in [4.69, 9.17) is 8.92 Å². The SMILES string of the molecule is COC[C@@H](C)OSc1ccc(C)cc1. The molecule has 0 aliphatic heterocycles. The fourth-order valence-electron chi connectivity index (χ4n) is 0.994. The van der Waals surface area contributed by atoms with E-state index in [1.165, 1.54) is 17.6 Å². The Morgan fingerprint density at radius 3 is 2.50 bits per heavy atom. The Morgan fingerprint density at radius 2 is 1.93 bits per heavy atom. The molecule has 1 aromatic carbocycles. The molecule has 78 valence electrons. The summed E-state index contributed by atoms with van der Waals surface area (Å²) in [4.78, 5) is 1.12. The fourth-order valence-corrected chi connectivity index (χ4v) is 1.57. The number of rotatable bonds is 5. The minimum absolute atomic E-state index is 0.117. The van der Waals surface area contributed by atoms with Crippen LogP contribution in [0.15, 0.2) is 29.2 Å². The molecule has 3 heteroatoms. The van der Waals surface area contributed by atoms with Crippen LogP contribution < -0.4 is 0 Å². The van der Waals surface area contributed by atoms with Gasteiger partial charge in [0.15, 0.2) is 0 Å². The van der Waals surface area contributed by atoms with Gasteiger partial charge in [0, 0.05) is 24.0 Å². The van der Waals surface area contributed by atoms with Crippen LogP contribution in [0.25, 0.3) is 0 Å². The van der Waals surface area contributed by atoms with Crippen molar-refractivity contribution in [3.63, 3.8) is 0 Å². The van der Waals surface area contributed by atoms with Gasteiger partial charge in [-0.1, -0.05) is 17.7 Å². The first kappa shape index (κ1) is 11.6. The summed E-state index contributed by atoms with van der Waals surface area (Å²) in [6.07, 6.45) is 0.117. The van der Waals surface area contributed by atoms with Crippen molar-refractivity contribution in [3.8, 4) is 0 Å². The second-order valence-corrected chi connectivity index (χ2v) is 4.09. The summed E-state index contributed by atoms with van der Waals surface area (Å²) in [6.45, 7) is 4.69. The lowest BCUT2D eigenvalue weighted by Crippen LogP contribution is -2.10. The van der Waals surface area contributed by atoms with Crippen LogP contribution in [0.1, 0.15) is 12.5 Å². The smallest absolute Gasteiger partial charge is 0.0931 e. The molecule has 1 atom stereocenters. The van der Waals surface area contributed by atoms with Crippen molar-refractivity contribution in [3.05, 3.63) is 29.8 Å². The van der Waals surface area contributed by atoms with Gasteiger partial charge in [0.2, 0.25) is 0 Å². The predicted octanol–water partition coefficient (Wildman–Crippen LogP) is 3.05. The molecule has 1 aromatic rings. The quantitative estimate of drug-likeness (QED) is 0.699. The molecular weight excluding hydrogens is 196 g/mol. The second-order valence-electron chi connectivity index (χ2n) is 3.26. The fraction of sp³-hybridized carbons (Fsp3) is 0.455. The summed E-state index contributed by atoms with van der Waals surface area (Å²) >= 11 is 1.40. The van der Waals surface area contributed by atoms with Gasteiger partial charge < -0.3 is 8.92 Å². The van der Waals surface area contributed by atoms with Crippen molar-refractivity contribution in [1.29, 1.82) is 0 Å². The van der Waals surface area contributed by atoms with E-state index in [9.17, 15) is 0 Å². The molecule has 0 unspecified atom stereocenters. The van der Waals surface area contributed by atoms with Crippen LogP contribution in [0, 0.1) is 6.92 Å². The van der Waals surface area contributed by atoms with Gasteiger partial charge in [-0.15, -0.1) is 0 Å². The Kier molecular flexibility index (Phi) is 5.01. The van der Waals surface area contributed by atoms with Crippen molar-refractivity contribution in [1.82, 2.24) is 0 Å². The van der Waals surface area contributed by atoms with Crippen molar-refractivity contribution < 1.29 is 8.92 Å². The zero-order valence-corrected chi connectivity index (χ0v) is 9.64. The largest absolute Gasteiger partial charge is 0.382 e. The molecule has 0 spiro atoms. The molecule has 2 nitrogen and oxygen atoms in total. The van der Waals surface area contributed by atoms with E-state index >= 15 is 0 Å². The molecule has 14 heavy (non-hydrogen) atoms. The van der Waals surface area contributed by atoms with E-state index in [1.807, 2.05) is 6.92 Å². The lowest BCUT2D eigenvalue weighted by Gasteiger charge is -2.09. The predicted molar refractivity (Wildman–Crippen MR) is 59.5 cm³/mol. The van der Waals surface area contributed by atoms with Crippen LogP contribution >= 0.6 is 12.0 Å². The van der Waals surface area contributed by atoms with Crippen LogP contribution in [0.2, 0.25) is 0 Å². The lowest BCUT2D eigenvalue weighted by atomic mass is 10.2. The zero-order chi connectivity index (χ0) is 10.4. The van der Waals surface area contributed by atoms with Crippen molar-refractivity contribution in [2.75, 3.05) is 13.7 Å². The monoisotopic (exact) mass is 212 g/mol. The van der Waals surface area contributed by atoms with Crippen molar-refractivity contribution >= 4 is 12.0 Å². The molecule has 0 aliphatic carbocycles. The van der Waals surface area contributed by atoms with E-state index in [0.717, 1.165) is 4.90 Å². The van der Waals surface area contributed by atoms with Crippen LogP contribution in [0.4, 0.5) is 0 Å². The maximum Gasteiger partial charge on any atom is 0.0931 e. The normalized spacial score (nSPS) is 12.8. The topological polar surface area (TPSA) is 18.5 Å². The molecule has 0 saturated carbocycles. The molecule has 1 rings (SSSR count). The molecule has 0 aliphatic rings. The van der Waals surface area contributed by atoms with Gasteiger partial charge >= 0.3 is 0 Å². The molecule has 0 bridgehead atoms. The molecule has 0 radical (unpaired) electrons. The Morgan fingerprint density at radius 1 is 1.29 bits per heavy atom. The van der Waals surface area contributed by atoms with Gasteiger partial charge in [0.05, 0.1) is 12.7 Å². The third-order valence-electron chi connectivity index (χ3n) is 1.73. The number of hydrogen-bond donors (Lipinski definition) is 0. The van der Waals surface area contributed by atoms with Crippen molar-refractivity contribution in [2.24, 2.45) is 0 Å². The highest BCUT2D eigenvalue weighted by Crippen LogP contribution is 2.20. The van der Waals surface area contributed by atoms with Gasteiger partial charge in [-0.2, -0.15) is 0 Å².